The molecule has 1 aliphatic rings. The molecular formula is C16H18FNO3. The second-order valence-corrected chi connectivity index (χ2v) is 5.17. The number of carbonyl (C=O) groups excluding carboxylic acids is 1. The van der Waals surface area contributed by atoms with Gasteiger partial charge in [-0.2, -0.15) is 0 Å². The van der Waals surface area contributed by atoms with Crippen LogP contribution in [0.15, 0.2) is 18.2 Å². The molecule has 1 amide bonds. The Labute approximate surface area is 123 Å². The first-order valence-corrected chi connectivity index (χ1v) is 6.89. The first-order chi connectivity index (χ1) is 10.1. The maximum atomic E-state index is 14.1. The molecule has 0 saturated carbocycles. The van der Waals surface area contributed by atoms with Crippen LogP contribution in [0.2, 0.25) is 0 Å². The number of amides is 1. The Hall–Kier alpha value is -1.90. The van der Waals surface area contributed by atoms with Gasteiger partial charge < -0.3 is 15.1 Å². The number of aliphatic hydroxyl groups is 2. The fourth-order valence-electron chi connectivity index (χ4n) is 2.60. The molecule has 0 radical (unpaired) electrons. The van der Waals surface area contributed by atoms with Crippen LogP contribution in [-0.2, 0) is 0 Å². The molecule has 1 saturated heterocycles. The smallest absolute Gasteiger partial charge is 0.257 e. The number of carbonyl (C=O) groups is 1. The molecule has 112 valence electrons. The summed E-state index contributed by atoms with van der Waals surface area (Å²) in [7, 11) is 0. The van der Waals surface area contributed by atoms with Crippen LogP contribution in [0.3, 0.4) is 0 Å². The lowest BCUT2D eigenvalue weighted by Gasteiger charge is -2.25. The lowest BCUT2D eigenvalue weighted by molar-refractivity contribution is 0.0643. The molecule has 1 aliphatic heterocycles. The second kappa shape index (κ2) is 6.70. The number of aliphatic hydroxyl groups excluding tert-OH is 2. The predicted molar refractivity (Wildman–Crippen MR) is 76.1 cm³/mol. The van der Waals surface area contributed by atoms with E-state index in [-0.39, 0.29) is 30.7 Å². The van der Waals surface area contributed by atoms with Gasteiger partial charge in [0.2, 0.25) is 0 Å². The molecule has 2 rings (SSSR count). The number of nitrogens with zero attached hydrogens (tertiary/aromatic N) is 1. The predicted octanol–water partition coefficient (Wildman–Crippen LogP) is 1.01. The zero-order valence-corrected chi connectivity index (χ0v) is 11.8. The monoisotopic (exact) mass is 291 g/mol. The second-order valence-electron chi connectivity index (χ2n) is 5.17. The third kappa shape index (κ3) is 3.23. The summed E-state index contributed by atoms with van der Waals surface area (Å²) in [5, 5.41) is 18.0. The molecule has 5 heteroatoms. The van der Waals surface area contributed by atoms with Crippen molar-refractivity contribution < 1.29 is 19.4 Å². The van der Waals surface area contributed by atoms with E-state index in [9.17, 15) is 14.3 Å². The summed E-state index contributed by atoms with van der Waals surface area (Å²) in [5.41, 5.74) is 0.392. The standard InChI is InChI=1S/C16H18FNO3/c1-11-6-7-18(15(11)10-20)16(21)13-5-4-12(3-2-8-19)9-14(13)17/h4-5,9,11,15,19-20H,6-8,10H2,1H3. The van der Waals surface area contributed by atoms with Gasteiger partial charge in [-0.15, -0.1) is 0 Å². The summed E-state index contributed by atoms with van der Waals surface area (Å²) in [6, 6.07) is 3.87. The van der Waals surface area contributed by atoms with Gasteiger partial charge in [-0.25, -0.2) is 4.39 Å². The highest BCUT2D eigenvalue weighted by Gasteiger charge is 2.35. The van der Waals surface area contributed by atoms with E-state index in [1.165, 1.54) is 17.0 Å². The summed E-state index contributed by atoms with van der Waals surface area (Å²) in [6.07, 6.45) is 0.804. The van der Waals surface area contributed by atoms with Crippen LogP contribution in [0, 0.1) is 23.6 Å². The molecule has 0 aromatic heterocycles. The van der Waals surface area contributed by atoms with Gasteiger partial charge in [-0.05, 0) is 30.5 Å². The summed E-state index contributed by atoms with van der Waals surface area (Å²) < 4.78 is 14.1. The number of likely N-dealkylation sites (tertiary alicyclic amines) is 1. The van der Waals surface area contributed by atoms with E-state index in [4.69, 9.17) is 5.11 Å². The molecule has 21 heavy (non-hydrogen) atoms. The molecule has 2 unspecified atom stereocenters. The van der Waals surface area contributed by atoms with Crippen LogP contribution in [-0.4, -0.2) is 46.8 Å². The van der Waals surface area contributed by atoms with E-state index in [0.717, 1.165) is 6.42 Å². The van der Waals surface area contributed by atoms with Gasteiger partial charge in [0, 0.05) is 12.1 Å². The Bertz CT molecular complexity index is 591. The Morgan fingerprint density at radius 1 is 1.48 bits per heavy atom. The molecule has 1 fully saturated rings. The molecule has 1 aromatic rings. The number of rotatable bonds is 2. The Balaban J connectivity index is 2.24. The van der Waals surface area contributed by atoms with Gasteiger partial charge in [0.1, 0.15) is 12.4 Å². The molecule has 1 heterocycles. The van der Waals surface area contributed by atoms with Crippen molar-refractivity contribution >= 4 is 5.91 Å². The van der Waals surface area contributed by atoms with Crippen molar-refractivity contribution in [2.24, 2.45) is 5.92 Å². The maximum Gasteiger partial charge on any atom is 0.257 e. The van der Waals surface area contributed by atoms with E-state index in [0.29, 0.717) is 12.1 Å². The van der Waals surface area contributed by atoms with Crippen LogP contribution in [0.1, 0.15) is 29.3 Å². The van der Waals surface area contributed by atoms with Gasteiger partial charge in [-0.1, -0.05) is 18.8 Å². The molecule has 0 aliphatic carbocycles. The first kappa shape index (κ1) is 15.5. The summed E-state index contributed by atoms with van der Waals surface area (Å²) >= 11 is 0. The summed E-state index contributed by atoms with van der Waals surface area (Å²) in [6.45, 7) is 2.08. The van der Waals surface area contributed by atoms with Crippen LogP contribution < -0.4 is 0 Å². The van der Waals surface area contributed by atoms with Crippen LogP contribution in [0.25, 0.3) is 0 Å². The molecular weight excluding hydrogens is 273 g/mol. The third-order valence-corrected chi connectivity index (χ3v) is 3.84. The largest absolute Gasteiger partial charge is 0.394 e. The number of hydrogen-bond acceptors (Lipinski definition) is 3. The van der Waals surface area contributed by atoms with E-state index in [2.05, 4.69) is 11.8 Å². The third-order valence-electron chi connectivity index (χ3n) is 3.84. The van der Waals surface area contributed by atoms with Gasteiger partial charge in [0.15, 0.2) is 0 Å². The zero-order valence-electron chi connectivity index (χ0n) is 11.8. The van der Waals surface area contributed by atoms with Gasteiger partial charge in [-0.3, -0.25) is 4.79 Å². The van der Waals surface area contributed by atoms with Crippen LogP contribution >= 0.6 is 0 Å². The lowest BCUT2D eigenvalue weighted by atomic mass is 10.0. The van der Waals surface area contributed by atoms with E-state index in [1.807, 2.05) is 6.92 Å². The average molecular weight is 291 g/mol. The highest BCUT2D eigenvalue weighted by Crippen LogP contribution is 2.26. The van der Waals surface area contributed by atoms with Crippen molar-refractivity contribution in [1.82, 2.24) is 4.90 Å². The summed E-state index contributed by atoms with van der Waals surface area (Å²) in [4.78, 5) is 13.9. The number of benzene rings is 1. The Morgan fingerprint density at radius 3 is 2.86 bits per heavy atom. The molecule has 1 aromatic carbocycles. The van der Waals surface area contributed by atoms with Crippen molar-refractivity contribution in [2.75, 3.05) is 19.8 Å². The highest BCUT2D eigenvalue weighted by atomic mass is 19.1. The molecule has 0 spiro atoms. The minimum Gasteiger partial charge on any atom is -0.394 e. The summed E-state index contributed by atoms with van der Waals surface area (Å²) in [5.74, 6) is 4.18. The fraction of sp³-hybridized carbons (Fsp3) is 0.438. The molecule has 0 bridgehead atoms. The number of halogens is 1. The van der Waals surface area contributed by atoms with Crippen LogP contribution in [0.4, 0.5) is 4.39 Å². The van der Waals surface area contributed by atoms with Gasteiger partial charge >= 0.3 is 0 Å². The first-order valence-electron chi connectivity index (χ1n) is 6.89. The van der Waals surface area contributed by atoms with Crippen LogP contribution in [0.5, 0.6) is 0 Å². The number of hydrogen-bond donors (Lipinski definition) is 2. The highest BCUT2D eigenvalue weighted by molar-refractivity contribution is 5.95. The zero-order chi connectivity index (χ0) is 15.4. The van der Waals surface area contributed by atoms with Crippen molar-refractivity contribution in [3.05, 3.63) is 35.1 Å². The minimum atomic E-state index is -0.638. The lowest BCUT2D eigenvalue weighted by Crippen LogP contribution is -2.40. The Kier molecular flexibility index (Phi) is 4.94. The molecule has 4 nitrogen and oxygen atoms in total. The van der Waals surface area contributed by atoms with Crippen molar-refractivity contribution in [3.8, 4) is 11.8 Å². The topological polar surface area (TPSA) is 60.8 Å². The van der Waals surface area contributed by atoms with E-state index in [1.54, 1.807) is 6.07 Å². The minimum absolute atomic E-state index is 0.0166. The fourth-order valence-corrected chi connectivity index (χ4v) is 2.60. The molecule has 2 atom stereocenters. The van der Waals surface area contributed by atoms with Gasteiger partial charge in [0.05, 0.1) is 18.2 Å². The Morgan fingerprint density at radius 2 is 2.24 bits per heavy atom. The SMILES string of the molecule is CC1CCN(C(=O)c2ccc(C#CCO)cc2F)C1CO. The quantitative estimate of drug-likeness (QED) is 0.800. The average Bonchev–Trinajstić information content (AvgIpc) is 2.85. The van der Waals surface area contributed by atoms with Crippen molar-refractivity contribution in [2.45, 2.75) is 19.4 Å². The van der Waals surface area contributed by atoms with Gasteiger partial charge in [0.25, 0.3) is 5.91 Å². The van der Waals surface area contributed by atoms with E-state index >= 15 is 0 Å². The van der Waals surface area contributed by atoms with Crippen molar-refractivity contribution in [1.29, 1.82) is 0 Å². The normalized spacial score (nSPS) is 21.0. The van der Waals surface area contributed by atoms with Crippen molar-refractivity contribution in [3.63, 3.8) is 0 Å². The maximum absolute atomic E-state index is 14.1. The van der Waals surface area contributed by atoms with E-state index < -0.39 is 11.7 Å². The molecule has 2 N–H and O–H groups in total.